The maximum Gasteiger partial charge on any atom is 0.321 e. The first kappa shape index (κ1) is 13.4. The van der Waals surface area contributed by atoms with Crippen molar-refractivity contribution in [3.05, 3.63) is 0 Å². The lowest BCUT2D eigenvalue weighted by molar-refractivity contribution is 0.262. The molecule has 0 aromatic heterocycles. The Hall–Kier alpha value is 0.354. The van der Waals surface area contributed by atoms with E-state index in [4.69, 9.17) is 8.85 Å². The van der Waals surface area contributed by atoms with Crippen molar-refractivity contribution in [2.75, 3.05) is 14.2 Å². The Balaban J connectivity index is 2.76. The Morgan fingerprint density at radius 1 is 1.07 bits per heavy atom. The average molecular weight is 246 g/mol. The first-order chi connectivity index (χ1) is 7.00. The van der Waals surface area contributed by atoms with Crippen molar-refractivity contribution in [2.45, 2.75) is 50.5 Å². The Labute approximate surface area is 97.2 Å². The lowest BCUT2D eigenvalue weighted by Crippen LogP contribution is -2.45. The molecule has 1 aliphatic rings. The molecule has 0 aromatic rings. The molecule has 1 atom stereocenters. The predicted octanol–water partition coefficient (Wildman–Crippen LogP) is 2.94. The van der Waals surface area contributed by atoms with Gasteiger partial charge in [0.2, 0.25) is 0 Å². The third kappa shape index (κ3) is 3.41. The van der Waals surface area contributed by atoms with Gasteiger partial charge in [-0.2, -0.15) is 0 Å². The number of rotatable bonds is 5. The lowest BCUT2D eigenvalue weighted by Gasteiger charge is -2.37. The Bertz CT molecular complexity index is 180. The van der Waals surface area contributed by atoms with Crippen LogP contribution in [0.15, 0.2) is 0 Å². The van der Waals surface area contributed by atoms with Crippen LogP contribution < -0.4 is 0 Å². The molecular formula is C11H26O2Si2. The zero-order valence-corrected chi connectivity index (χ0v) is 13.0. The highest BCUT2D eigenvalue weighted by molar-refractivity contribution is 6.86. The second-order valence-corrected chi connectivity index (χ2v) is 14.2. The largest absolute Gasteiger partial charge is 0.400 e. The second-order valence-electron chi connectivity index (χ2n) is 5.78. The van der Waals surface area contributed by atoms with Crippen molar-refractivity contribution in [1.29, 1.82) is 0 Å². The van der Waals surface area contributed by atoms with E-state index in [1.165, 1.54) is 25.7 Å². The molecule has 0 saturated heterocycles. The van der Waals surface area contributed by atoms with Crippen LogP contribution in [0, 0.1) is 5.92 Å². The fraction of sp³-hybridized carbons (Fsp3) is 1.00. The summed E-state index contributed by atoms with van der Waals surface area (Å²) in [4.78, 5) is 0. The molecule has 1 rings (SSSR count). The monoisotopic (exact) mass is 246 g/mol. The summed E-state index contributed by atoms with van der Waals surface area (Å²) in [6.07, 6.45) is 5.65. The maximum atomic E-state index is 5.65. The number of hydrogen-bond donors (Lipinski definition) is 0. The van der Waals surface area contributed by atoms with Gasteiger partial charge in [-0.3, -0.25) is 0 Å². The van der Waals surface area contributed by atoms with Gasteiger partial charge in [0.25, 0.3) is 0 Å². The van der Waals surface area contributed by atoms with Gasteiger partial charge in [0.1, 0.15) is 0 Å². The van der Waals surface area contributed by atoms with Crippen molar-refractivity contribution >= 4 is 17.4 Å². The molecule has 0 radical (unpaired) electrons. The molecule has 15 heavy (non-hydrogen) atoms. The van der Waals surface area contributed by atoms with E-state index in [0.29, 0.717) is 0 Å². The Kier molecular flexibility index (Phi) is 5.02. The van der Waals surface area contributed by atoms with Crippen LogP contribution in [0.2, 0.25) is 24.8 Å². The van der Waals surface area contributed by atoms with Crippen LogP contribution in [0.25, 0.3) is 0 Å². The van der Waals surface area contributed by atoms with Gasteiger partial charge in [-0.1, -0.05) is 45.3 Å². The van der Waals surface area contributed by atoms with Crippen molar-refractivity contribution in [3.8, 4) is 0 Å². The van der Waals surface area contributed by atoms with Gasteiger partial charge >= 0.3 is 9.28 Å². The Morgan fingerprint density at radius 2 is 1.53 bits per heavy atom. The summed E-state index contributed by atoms with van der Waals surface area (Å²) in [7, 11) is 1.10. The average Bonchev–Trinajstić information content (AvgIpc) is 2.64. The van der Waals surface area contributed by atoms with Gasteiger partial charge in [-0.05, 0) is 11.1 Å². The summed E-state index contributed by atoms with van der Waals surface area (Å²) in [6.45, 7) is 7.40. The molecule has 0 heterocycles. The fourth-order valence-corrected chi connectivity index (χ4v) is 10.5. The van der Waals surface area contributed by atoms with Gasteiger partial charge < -0.3 is 8.85 Å². The Morgan fingerprint density at radius 3 is 1.87 bits per heavy atom. The van der Waals surface area contributed by atoms with Crippen LogP contribution in [0.4, 0.5) is 0 Å². The SMILES string of the molecule is CO[SiH](OC)C(C1CCCC1)[Si](C)(C)C. The van der Waals surface area contributed by atoms with E-state index in [1.807, 2.05) is 14.2 Å². The van der Waals surface area contributed by atoms with E-state index in [1.54, 1.807) is 0 Å². The molecule has 2 nitrogen and oxygen atoms in total. The predicted molar refractivity (Wildman–Crippen MR) is 70.2 cm³/mol. The summed E-state index contributed by atoms with van der Waals surface area (Å²) < 4.78 is 11.3. The van der Waals surface area contributed by atoms with E-state index in [0.717, 1.165) is 11.1 Å². The van der Waals surface area contributed by atoms with Crippen molar-refractivity contribution in [2.24, 2.45) is 5.92 Å². The van der Waals surface area contributed by atoms with Crippen molar-refractivity contribution in [3.63, 3.8) is 0 Å². The molecule has 1 unspecified atom stereocenters. The highest BCUT2D eigenvalue weighted by atomic mass is 28.4. The van der Waals surface area contributed by atoms with E-state index in [9.17, 15) is 0 Å². The van der Waals surface area contributed by atoms with Crippen LogP contribution in [-0.2, 0) is 8.85 Å². The lowest BCUT2D eigenvalue weighted by atomic mass is 10.1. The zero-order valence-electron chi connectivity index (χ0n) is 10.9. The molecule has 0 bridgehead atoms. The van der Waals surface area contributed by atoms with Crippen LogP contribution in [-0.4, -0.2) is 31.6 Å². The fourth-order valence-electron chi connectivity index (χ4n) is 3.04. The molecule has 0 amide bonds. The molecule has 1 fully saturated rings. The summed E-state index contributed by atoms with van der Waals surface area (Å²) >= 11 is 0. The van der Waals surface area contributed by atoms with Crippen molar-refractivity contribution < 1.29 is 8.85 Å². The molecule has 0 aromatic carbocycles. The summed E-state index contributed by atoms with van der Waals surface area (Å²) in [5, 5.41) is 0.787. The first-order valence-electron chi connectivity index (χ1n) is 6.06. The zero-order chi connectivity index (χ0) is 11.5. The van der Waals surface area contributed by atoms with Crippen LogP contribution in [0.5, 0.6) is 0 Å². The quantitative estimate of drug-likeness (QED) is 0.695. The van der Waals surface area contributed by atoms with Crippen LogP contribution in [0.1, 0.15) is 25.7 Å². The minimum Gasteiger partial charge on any atom is -0.400 e. The molecule has 0 spiro atoms. The normalized spacial score (nSPS) is 21.2. The van der Waals surface area contributed by atoms with Crippen LogP contribution in [0.3, 0.4) is 0 Å². The molecular weight excluding hydrogens is 220 g/mol. The van der Waals surface area contributed by atoms with E-state index >= 15 is 0 Å². The van der Waals surface area contributed by atoms with E-state index in [-0.39, 0.29) is 0 Å². The molecule has 1 saturated carbocycles. The highest BCUT2D eigenvalue weighted by Crippen LogP contribution is 2.42. The van der Waals surface area contributed by atoms with Gasteiger partial charge in [0.15, 0.2) is 0 Å². The minimum absolute atomic E-state index is 0.787. The van der Waals surface area contributed by atoms with Gasteiger partial charge in [-0.15, -0.1) is 0 Å². The summed E-state index contributed by atoms with van der Waals surface area (Å²) in [6, 6.07) is 0. The maximum absolute atomic E-state index is 5.65. The minimum atomic E-state index is -1.42. The smallest absolute Gasteiger partial charge is 0.321 e. The third-order valence-corrected chi connectivity index (χ3v) is 12.0. The van der Waals surface area contributed by atoms with Crippen LogP contribution >= 0.6 is 0 Å². The van der Waals surface area contributed by atoms with Gasteiger partial charge in [0.05, 0.1) is 8.07 Å². The third-order valence-electron chi connectivity index (χ3n) is 3.67. The molecule has 1 aliphatic carbocycles. The van der Waals surface area contributed by atoms with Gasteiger partial charge in [0, 0.05) is 14.2 Å². The molecule has 90 valence electrons. The standard InChI is InChI=1S/C11H26O2Si2/c1-12-14(13-2)11(15(3,4)5)10-8-6-7-9-10/h10-11,14H,6-9H2,1-5H3. The first-order valence-corrected chi connectivity index (χ1v) is 11.2. The second kappa shape index (κ2) is 5.61. The number of hydrogen-bond acceptors (Lipinski definition) is 2. The summed E-state index contributed by atoms with van der Waals surface area (Å²) in [5.41, 5.74) is 0. The van der Waals surface area contributed by atoms with E-state index in [2.05, 4.69) is 19.6 Å². The van der Waals surface area contributed by atoms with Gasteiger partial charge in [-0.25, -0.2) is 0 Å². The van der Waals surface area contributed by atoms with E-state index < -0.39 is 17.4 Å². The molecule has 0 aliphatic heterocycles. The summed E-state index contributed by atoms with van der Waals surface area (Å²) in [5.74, 6) is 0.897. The molecule has 4 heteroatoms. The van der Waals surface area contributed by atoms with Crippen molar-refractivity contribution in [1.82, 2.24) is 0 Å². The topological polar surface area (TPSA) is 18.5 Å². The molecule has 0 N–H and O–H groups in total. The highest BCUT2D eigenvalue weighted by Gasteiger charge is 2.42.